The van der Waals surface area contributed by atoms with Gasteiger partial charge < -0.3 is 5.32 Å². The van der Waals surface area contributed by atoms with Gasteiger partial charge in [0.05, 0.1) is 6.20 Å². The Bertz CT molecular complexity index is 691. The first-order chi connectivity index (χ1) is 9.93. The molecule has 21 heavy (non-hydrogen) atoms. The quantitative estimate of drug-likeness (QED) is 0.834. The Hall–Kier alpha value is -1.22. The Morgan fingerprint density at radius 1 is 1.43 bits per heavy atom. The van der Waals surface area contributed by atoms with Crippen molar-refractivity contribution in [1.82, 2.24) is 19.4 Å². The third kappa shape index (κ3) is 3.91. The molecule has 0 unspecified atom stereocenters. The molecule has 2 aromatic heterocycles. The standard InChI is InChI=1S/C13H20N4O2S2/c1-4-14-8-12-5-6-13(20-12)21(18,19)17(3)10-11-7-15-16(2)9-11/h5-7,9,14H,4,8,10H2,1-3H3. The highest BCUT2D eigenvalue weighted by Gasteiger charge is 2.23. The van der Waals surface area contributed by atoms with E-state index in [1.807, 2.05) is 26.2 Å². The van der Waals surface area contributed by atoms with Gasteiger partial charge in [-0.1, -0.05) is 6.92 Å². The van der Waals surface area contributed by atoms with Crippen molar-refractivity contribution < 1.29 is 8.42 Å². The highest BCUT2D eigenvalue weighted by molar-refractivity contribution is 7.91. The smallest absolute Gasteiger partial charge is 0.252 e. The van der Waals surface area contributed by atoms with E-state index in [0.29, 0.717) is 17.3 Å². The van der Waals surface area contributed by atoms with Crippen LogP contribution >= 0.6 is 11.3 Å². The fourth-order valence-electron chi connectivity index (χ4n) is 1.89. The van der Waals surface area contributed by atoms with Crippen LogP contribution in [0.15, 0.2) is 28.7 Å². The lowest BCUT2D eigenvalue weighted by atomic mass is 10.4. The van der Waals surface area contributed by atoms with Gasteiger partial charge in [-0.3, -0.25) is 4.68 Å². The van der Waals surface area contributed by atoms with Crippen molar-refractivity contribution in [3.05, 3.63) is 35.0 Å². The summed E-state index contributed by atoms with van der Waals surface area (Å²) in [5.41, 5.74) is 0.869. The Morgan fingerprint density at radius 2 is 2.19 bits per heavy atom. The molecule has 0 aliphatic carbocycles. The van der Waals surface area contributed by atoms with E-state index in [2.05, 4.69) is 10.4 Å². The van der Waals surface area contributed by atoms with Crippen LogP contribution in [0.3, 0.4) is 0 Å². The number of sulfonamides is 1. The van der Waals surface area contributed by atoms with Crippen LogP contribution in [0.25, 0.3) is 0 Å². The minimum Gasteiger partial charge on any atom is -0.312 e. The molecule has 8 heteroatoms. The van der Waals surface area contributed by atoms with Gasteiger partial charge in [-0.15, -0.1) is 11.3 Å². The van der Waals surface area contributed by atoms with Crippen LogP contribution in [-0.4, -0.2) is 36.1 Å². The minimum atomic E-state index is -3.45. The molecule has 2 heterocycles. The van der Waals surface area contributed by atoms with Gasteiger partial charge in [0.2, 0.25) is 0 Å². The van der Waals surface area contributed by atoms with Crippen molar-refractivity contribution in [2.75, 3.05) is 13.6 Å². The third-order valence-electron chi connectivity index (χ3n) is 3.01. The van der Waals surface area contributed by atoms with Crippen molar-refractivity contribution >= 4 is 21.4 Å². The second kappa shape index (κ2) is 6.69. The number of thiophene rings is 1. The highest BCUT2D eigenvalue weighted by Crippen LogP contribution is 2.25. The molecule has 0 atom stereocenters. The first-order valence-corrected chi connectivity index (χ1v) is 8.92. The van der Waals surface area contributed by atoms with Crippen LogP contribution in [0.5, 0.6) is 0 Å². The lowest BCUT2D eigenvalue weighted by molar-refractivity contribution is 0.468. The molecule has 0 aliphatic heterocycles. The van der Waals surface area contributed by atoms with Crippen LogP contribution < -0.4 is 5.32 Å². The molecular formula is C13H20N4O2S2. The number of nitrogens with one attached hydrogen (secondary N) is 1. The molecule has 0 aromatic carbocycles. The molecule has 2 aromatic rings. The van der Waals surface area contributed by atoms with E-state index >= 15 is 0 Å². The Balaban J connectivity index is 2.11. The summed E-state index contributed by atoms with van der Waals surface area (Å²) in [5, 5.41) is 7.24. The van der Waals surface area contributed by atoms with Crippen LogP contribution in [0, 0.1) is 0 Å². The van der Waals surface area contributed by atoms with E-state index < -0.39 is 10.0 Å². The number of hydrogen-bond acceptors (Lipinski definition) is 5. The predicted molar refractivity (Wildman–Crippen MR) is 83.6 cm³/mol. The second-order valence-electron chi connectivity index (χ2n) is 4.78. The van der Waals surface area contributed by atoms with Crippen LogP contribution in [0.4, 0.5) is 0 Å². The molecule has 0 aliphatic rings. The molecule has 0 spiro atoms. The molecule has 0 bridgehead atoms. The van der Waals surface area contributed by atoms with E-state index in [1.54, 1.807) is 24.0 Å². The van der Waals surface area contributed by atoms with Crippen molar-refractivity contribution in [1.29, 1.82) is 0 Å². The Kier molecular flexibility index (Phi) is 5.15. The molecule has 2 rings (SSSR count). The largest absolute Gasteiger partial charge is 0.312 e. The van der Waals surface area contributed by atoms with Crippen molar-refractivity contribution in [3.8, 4) is 0 Å². The lowest BCUT2D eigenvalue weighted by Crippen LogP contribution is -2.25. The zero-order chi connectivity index (χ0) is 15.5. The Labute approximate surface area is 129 Å². The van der Waals surface area contributed by atoms with E-state index in [0.717, 1.165) is 17.0 Å². The van der Waals surface area contributed by atoms with Gasteiger partial charge in [0.15, 0.2) is 0 Å². The molecular weight excluding hydrogens is 308 g/mol. The van der Waals surface area contributed by atoms with E-state index in [4.69, 9.17) is 0 Å². The van der Waals surface area contributed by atoms with Gasteiger partial charge in [0.25, 0.3) is 10.0 Å². The monoisotopic (exact) mass is 328 g/mol. The molecule has 0 saturated carbocycles. The van der Waals surface area contributed by atoms with Gasteiger partial charge in [-0.05, 0) is 18.7 Å². The van der Waals surface area contributed by atoms with Crippen LogP contribution in [-0.2, 0) is 30.2 Å². The second-order valence-corrected chi connectivity index (χ2v) is 8.22. The maximum atomic E-state index is 12.5. The normalized spacial score (nSPS) is 12.2. The van der Waals surface area contributed by atoms with Crippen molar-refractivity contribution in [3.63, 3.8) is 0 Å². The summed E-state index contributed by atoms with van der Waals surface area (Å²) in [6.45, 7) is 3.90. The summed E-state index contributed by atoms with van der Waals surface area (Å²) < 4.78 is 28.4. The van der Waals surface area contributed by atoms with Crippen LogP contribution in [0.2, 0.25) is 0 Å². The molecule has 0 saturated heterocycles. The fourth-order valence-corrected chi connectivity index (χ4v) is 4.58. The van der Waals surface area contributed by atoms with Gasteiger partial charge in [-0.2, -0.15) is 9.40 Å². The van der Waals surface area contributed by atoms with Gasteiger partial charge in [0.1, 0.15) is 4.21 Å². The fraction of sp³-hybridized carbons (Fsp3) is 0.462. The summed E-state index contributed by atoms with van der Waals surface area (Å²) in [6.07, 6.45) is 3.49. The zero-order valence-corrected chi connectivity index (χ0v) is 14.0. The maximum Gasteiger partial charge on any atom is 0.252 e. The van der Waals surface area contributed by atoms with Crippen LogP contribution in [0.1, 0.15) is 17.4 Å². The zero-order valence-electron chi connectivity index (χ0n) is 12.4. The summed E-state index contributed by atoms with van der Waals surface area (Å²) in [4.78, 5) is 1.02. The van der Waals surface area contributed by atoms with Gasteiger partial charge in [0, 0.05) is 43.8 Å². The molecule has 6 nitrogen and oxygen atoms in total. The molecule has 0 amide bonds. The first-order valence-electron chi connectivity index (χ1n) is 6.66. The van der Waals surface area contributed by atoms with E-state index in [9.17, 15) is 8.42 Å². The summed E-state index contributed by atoms with van der Waals surface area (Å²) in [6, 6.07) is 3.53. The average Bonchev–Trinajstić information content (AvgIpc) is 3.06. The number of hydrogen-bond donors (Lipinski definition) is 1. The number of nitrogens with zero attached hydrogens (tertiary/aromatic N) is 3. The van der Waals surface area contributed by atoms with E-state index in [-0.39, 0.29) is 0 Å². The number of aryl methyl sites for hydroxylation is 1. The minimum absolute atomic E-state index is 0.316. The predicted octanol–water partition coefficient (Wildman–Crippen LogP) is 1.41. The summed E-state index contributed by atoms with van der Waals surface area (Å²) in [7, 11) is -0.0460. The lowest BCUT2D eigenvalue weighted by Gasteiger charge is -2.14. The van der Waals surface area contributed by atoms with Crippen molar-refractivity contribution in [2.24, 2.45) is 7.05 Å². The molecule has 1 N–H and O–H groups in total. The third-order valence-corrected chi connectivity index (χ3v) is 6.37. The summed E-state index contributed by atoms with van der Waals surface area (Å²) in [5.74, 6) is 0. The summed E-state index contributed by atoms with van der Waals surface area (Å²) >= 11 is 1.31. The molecule has 116 valence electrons. The molecule has 0 fully saturated rings. The van der Waals surface area contributed by atoms with Gasteiger partial charge in [-0.25, -0.2) is 8.42 Å². The SMILES string of the molecule is CCNCc1ccc(S(=O)(=O)N(C)Cc2cnn(C)c2)s1. The Morgan fingerprint density at radius 3 is 2.81 bits per heavy atom. The highest BCUT2D eigenvalue weighted by atomic mass is 32.2. The van der Waals surface area contributed by atoms with E-state index in [1.165, 1.54) is 15.6 Å². The van der Waals surface area contributed by atoms with Crippen molar-refractivity contribution in [2.45, 2.75) is 24.2 Å². The number of rotatable bonds is 7. The molecule has 0 radical (unpaired) electrons. The maximum absolute atomic E-state index is 12.5. The van der Waals surface area contributed by atoms with Gasteiger partial charge >= 0.3 is 0 Å². The topological polar surface area (TPSA) is 67.2 Å². The first kappa shape index (κ1) is 16.2. The average molecular weight is 328 g/mol. The number of aromatic nitrogens is 2.